The van der Waals surface area contributed by atoms with Gasteiger partial charge in [-0.1, -0.05) is 0 Å². The summed E-state index contributed by atoms with van der Waals surface area (Å²) in [5.74, 6) is -0.509. The van der Waals surface area contributed by atoms with Gasteiger partial charge < -0.3 is 0 Å². The maximum Gasteiger partial charge on any atom is 0.193 e. The molecule has 4 nitrogen and oxygen atoms in total. The molecule has 9 heavy (non-hydrogen) atoms. The minimum absolute atomic E-state index is 0.255. The van der Waals surface area contributed by atoms with E-state index >= 15 is 0 Å². The van der Waals surface area contributed by atoms with Crippen molar-refractivity contribution in [1.82, 2.24) is 0 Å². The van der Waals surface area contributed by atoms with Crippen LogP contribution in [0.2, 0.25) is 0 Å². The summed E-state index contributed by atoms with van der Waals surface area (Å²) in [4.78, 5) is 0. The van der Waals surface area contributed by atoms with Gasteiger partial charge in [0.2, 0.25) is 0 Å². The van der Waals surface area contributed by atoms with Gasteiger partial charge >= 0.3 is 0 Å². The van der Waals surface area contributed by atoms with E-state index in [0.29, 0.717) is 5.08 Å². The third kappa shape index (κ3) is 1.65. The van der Waals surface area contributed by atoms with Crippen LogP contribution in [0.15, 0.2) is 0 Å². The first-order valence-corrected chi connectivity index (χ1v) is 5.65. The molecule has 0 unspecified atom stereocenters. The summed E-state index contributed by atoms with van der Waals surface area (Å²) in [7, 11) is -6.73. The fourth-order valence-electron chi connectivity index (χ4n) is 0.552. The highest BCUT2D eigenvalue weighted by molar-refractivity contribution is 8.14. The number of hydrogen-bond acceptors (Lipinski definition) is 4. The Hall–Kier alpha value is -0.100. The third-order valence-corrected chi connectivity index (χ3v) is 5.10. The van der Waals surface area contributed by atoms with Crippen LogP contribution in [0.5, 0.6) is 0 Å². The van der Waals surface area contributed by atoms with Crippen LogP contribution in [-0.2, 0) is 19.7 Å². The zero-order valence-corrected chi connectivity index (χ0v) is 6.07. The largest absolute Gasteiger partial charge is 0.227 e. The fourth-order valence-corrected chi connectivity index (χ4v) is 4.97. The van der Waals surface area contributed by atoms with E-state index in [2.05, 4.69) is 0 Å². The average Bonchev–Trinajstić information content (AvgIpc) is 1.78. The molecule has 1 saturated heterocycles. The molecule has 6 heteroatoms. The molecule has 0 aromatic carbocycles. The van der Waals surface area contributed by atoms with E-state index in [4.69, 9.17) is 0 Å². The Bertz CT molecular complexity index is 263. The van der Waals surface area contributed by atoms with Crippen molar-refractivity contribution in [3.8, 4) is 0 Å². The lowest BCUT2D eigenvalue weighted by Crippen LogP contribution is -1.96. The summed E-state index contributed by atoms with van der Waals surface area (Å²) in [5.41, 5.74) is 0. The van der Waals surface area contributed by atoms with Crippen molar-refractivity contribution >= 4 is 19.7 Å². The molecule has 0 aliphatic carbocycles. The van der Waals surface area contributed by atoms with E-state index < -0.39 is 19.7 Å². The van der Waals surface area contributed by atoms with Crippen molar-refractivity contribution in [2.24, 2.45) is 0 Å². The fraction of sp³-hybridized carbons (Fsp3) is 0.667. The van der Waals surface area contributed by atoms with Gasteiger partial charge in [-0.25, -0.2) is 16.8 Å². The van der Waals surface area contributed by atoms with E-state index in [9.17, 15) is 16.8 Å². The highest BCUT2D eigenvalue weighted by Gasteiger charge is 2.32. The Morgan fingerprint density at radius 3 is 1.33 bits per heavy atom. The average molecular weight is 169 g/mol. The van der Waals surface area contributed by atoms with Crippen LogP contribution < -0.4 is 0 Å². The Morgan fingerprint density at radius 1 is 0.889 bits per heavy atom. The Labute approximate surface area is 53.7 Å². The molecular weight excluding hydrogens is 164 g/mol. The normalized spacial score (nSPS) is 30.2. The molecular formula is C3H5O4S2. The summed E-state index contributed by atoms with van der Waals surface area (Å²) in [6, 6.07) is 0. The molecule has 1 fully saturated rings. The second-order valence-electron chi connectivity index (χ2n) is 1.83. The predicted octanol–water partition coefficient (Wildman–Crippen LogP) is -1.05. The van der Waals surface area contributed by atoms with Crippen molar-refractivity contribution in [3.63, 3.8) is 0 Å². The zero-order chi connectivity index (χ0) is 7.12. The predicted molar refractivity (Wildman–Crippen MR) is 31.9 cm³/mol. The second kappa shape index (κ2) is 1.69. The second-order valence-corrected chi connectivity index (χ2v) is 6.07. The standard InChI is InChI=1S/C3H5O4S2/c4-8(5)1-2-9(6,7)3-8/h3H,1-2H2. The first-order valence-electron chi connectivity index (χ1n) is 2.22. The van der Waals surface area contributed by atoms with Crippen LogP contribution in [0.3, 0.4) is 0 Å². The maximum absolute atomic E-state index is 10.4. The van der Waals surface area contributed by atoms with Gasteiger partial charge in [-0.05, 0) is 0 Å². The van der Waals surface area contributed by atoms with Gasteiger partial charge in [-0.2, -0.15) is 0 Å². The number of hydrogen-bond donors (Lipinski definition) is 0. The molecule has 0 aromatic rings. The molecule has 0 aromatic heterocycles. The van der Waals surface area contributed by atoms with Crippen molar-refractivity contribution in [2.75, 3.05) is 11.5 Å². The number of sulfone groups is 2. The van der Waals surface area contributed by atoms with Crippen LogP contribution in [0.4, 0.5) is 0 Å². The summed E-state index contributed by atoms with van der Waals surface area (Å²) in [6.45, 7) is 0. The maximum atomic E-state index is 10.4. The van der Waals surface area contributed by atoms with Crippen LogP contribution in [0, 0.1) is 5.08 Å². The molecule has 1 aliphatic heterocycles. The molecule has 0 amide bonds. The molecule has 0 N–H and O–H groups in total. The van der Waals surface area contributed by atoms with Gasteiger partial charge in [0.25, 0.3) is 0 Å². The molecule has 1 heterocycles. The molecule has 1 radical (unpaired) electrons. The molecule has 1 rings (SSSR count). The number of rotatable bonds is 0. The summed E-state index contributed by atoms with van der Waals surface area (Å²) in [5, 5.41) is 0.431. The minimum Gasteiger partial charge on any atom is -0.227 e. The first-order chi connectivity index (χ1) is 3.91. The van der Waals surface area contributed by atoms with E-state index in [0.717, 1.165) is 0 Å². The van der Waals surface area contributed by atoms with Gasteiger partial charge in [0.1, 0.15) is 0 Å². The summed E-state index contributed by atoms with van der Waals surface area (Å²) in [6.07, 6.45) is 0. The van der Waals surface area contributed by atoms with E-state index in [1.54, 1.807) is 0 Å². The first kappa shape index (κ1) is 7.01. The monoisotopic (exact) mass is 169 g/mol. The minimum atomic E-state index is -3.37. The summed E-state index contributed by atoms with van der Waals surface area (Å²) < 4.78 is 41.6. The lowest BCUT2D eigenvalue weighted by Gasteiger charge is -1.81. The highest BCUT2D eigenvalue weighted by Crippen LogP contribution is 2.13. The van der Waals surface area contributed by atoms with Crippen LogP contribution >= 0.6 is 0 Å². The molecule has 1 aliphatic rings. The topological polar surface area (TPSA) is 68.3 Å². The SMILES string of the molecule is O=S1(=O)[CH]S(=O)(=O)CC1. The molecule has 0 saturated carbocycles. The van der Waals surface area contributed by atoms with E-state index in [1.807, 2.05) is 0 Å². The van der Waals surface area contributed by atoms with Crippen molar-refractivity contribution in [2.45, 2.75) is 0 Å². The summed E-state index contributed by atoms with van der Waals surface area (Å²) >= 11 is 0. The van der Waals surface area contributed by atoms with Crippen molar-refractivity contribution < 1.29 is 16.8 Å². The lowest BCUT2D eigenvalue weighted by molar-refractivity contribution is 0.605. The molecule has 53 valence electrons. The molecule has 0 bridgehead atoms. The van der Waals surface area contributed by atoms with Crippen molar-refractivity contribution in [3.05, 3.63) is 5.08 Å². The van der Waals surface area contributed by atoms with E-state index in [-0.39, 0.29) is 11.5 Å². The lowest BCUT2D eigenvalue weighted by atomic mass is 11.0. The zero-order valence-electron chi connectivity index (χ0n) is 4.44. The van der Waals surface area contributed by atoms with Crippen LogP contribution in [-0.4, -0.2) is 28.3 Å². The Morgan fingerprint density at radius 2 is 1.22 bits per heavy atom. The van der Waals surface area contributed by atoms with Crippen LogP contribution in [0.25, 0.3) is 0 Å². The van der Waals surface area contributed by atoms with Gasteiger partial charge in [0.15, 0.2) is 24.8 Å². The highest BCUT2D eigenvalue weighted by atomic mass is 32.3. The molecule has 0 spiro atoms. The van der Waals surface area contributed by atoms with Crippen LogP contribution in [0.1, 0.15) is 0 Å². The Kier molecular flexibility index (Phi) is 1.32. The van der Waals surface area contributed by atoms with Gasteiger partial charge in [0, 0.05) is 0 Å². The van der Waals surface area contributed by atoms with E-state index in [1.165, 1.54) is 0 Å². The van der Waals surface area contributed by atoms with Gasteiger partial charge in [-0.15, -0.1) is 0 Å². The quantitative estimate of drug-likeness (QED) is 0.464. The van der Waals surface area contributed by atoms with Gasteiger partial charge in [-0.3, -0.25) is 0 Å². The van der Waals surface area contributed by atoms with Crippen molar-refractivity contribution in [1.29, 1.82) is 0 Å². The third-order valence-electron chi connectivity index (χ3n) is 0.946. The van der Waals surface area contributed by atoms with Gasteiger partial charge in [0.05, 0.1) is 11.5 Å². The smallest absolute Gasteiger partial charge is 0.193 e. The Balaban J connectivity index is 3.09. The molecule has 0 atom stereocenters.